The van der Waals surface area contributed by atoms with Crippen LogP contribution in [-0.4, -0.2) is 25.2 Å². The molecule has 1 N–H and O–H groups in total. The predicted octanol–water partition coefficient (Wildman–Crippen LogP) is 4.43. The quantitative estimate of drug-likeness (QED) is 0.603. The number of nitrogens with one attached hydrogen (secondary N) is 1. The highest BCUT2D eigenvalue weighted by atomic mass is 32.2. The Bertz CT molecular complexity index is 1130. The Hall–Kier alpha value is -3.10. The smallest absolute Gasteiger partial charge is 0.255 e. The molecule has 0 saturated carbocycles. The van der Waals surface area contributed by atoms with Crippen LogP contribution in [-0.2, 0) is 16.6 Å². The van der Waals surface area contributed by atoms with Gasteiger partial charge in [-0.2, -0.15) is 4.31 Å². The van der Waals surface area contributed by atoms with Crippen LogP contribution in [0.4, 0.5) is 14.5 Å². The van der Waals surface area contributed by atoms with Crippen LogP contribution in [0.2, 0.25) is 0 Å². The van der Waals surface area contributed by atoms with Gasteiger partial charge in [0.1, 0.15) is 0 Å². The summed E-state index contributed by atoms with van der Waals surface area (Å²) in [5.74, 6) is -2.54. The van der Waals surface area contributed by atoms with E-state index < -0.39 is 27.6 Å². The van der Waals surface area contributed by atoms with Crippen LogP contribution in [0.3, 0.4) is 0 Å². The first-order valence-corrected chi connectivity index (χ1v) is 10.7. The van der Waals surface area contributed by atoms with E-state index in [1.165, 1.54) is 10.4 Å². The normalized spacial score (nSPS) is 11.5. The molecule has 5 nitrogen and oxygen atoms in total. The molecular weight excluding hydrogens is 410 g/mol. The summed E-state index contributed by atoms with van der Waals surface area (Å²) in [6.07, 6.45) is 0. The molecular formula is C22H20F2N2O3S. The van der Waals surface area contributed by atoms with E-state index in [1.54, 1.807) is 61.5 Å². The zero-order chi connectivity index (χ0) is 21.7. The topological polar surface area (TPSA) is 66.5 Å². The molecule has 3 aromatic rings. The molecule has 0 spiro atoms. The number of carbonyl (C=O) groups is 1. The molecule has 0 bridgehead atoms. The van der Waals surface area contributed by atoms with Crippen LogP contribution in [0.25, 0.3) is 0 Å². The standard InChI is InChI=1S/C22H20F2N2O3S/c1-2-26(30(28,29)19-6-4-3-5-7-19)15-16-8-10-17(11-9-16)22(27)25-18-12-13-20(23)21(24)14-18/h3-14H,2,15H2,1H3,(H,25,27). The minimum Gasteiger partial charge on any atom is -0.322 e. The summed E-state index contributed by atoms with van der Waals surface area (Å²) in [6, 6.07) is 17.7. The Labute approximate surface area is 174 Å². The third-order valence-corrected chi connectivity index (χ3v) is 6.42. The largest absolute Gasteiger partial charge is 0.322 e. The predicted molar refractivity (Wildman–Crippen MR) is 110 cm³/mol. The fraction of sp³-hybridized carbons (Fsp3) is 0.136. The van der Waals surface area contributed by atoms with Gasteiger partial charge in [0.05, 0.1) is 4.90 Å². The van der Waals surface area contributed by atoms with E-state index in [0.29, 0.717) is 11.1 Å². The second-order valence-corrected chi connectivity index (χ2v) is 8.46. The van der Waals surface area contributed by atoms with E-state index in [4.69, 9.17) is 0 Å². The molecule has 1 amide bonds. The van der Waals surface area contributed by atoms with E-state index >= 15 is 0 Å². The second kappa shape index (κ2) is 9.15. The Morgan fingerprint density at radius 2 is 1.60 bits per heavy atom. The number of amides is 1. The van der Waals surface area contributed by atoms with Crippen molar-refractivity contribution >= 4 is 21.6 Å². The zero-order valence-electron chi connectivity index (χ0n) is 16.2. The first-order valence-electron chi connectivity index (χ1n) is 9.22. The molecule has 0 radical (unpaired) electrons. The molecule has 0 aliphatic rings. The third kappa shape index (κ3) is 4.90. The Morgan fingerprint density at radius 1 is 0.933 bits per heavy atom. The summed E-state index contributed by atoms with van der Waals surface area (Å²) >= 11 is 0. The highest BCUT2D eigenvalue weighted by Gasteiger charge is 2.23. The van der Waals surface area contributed by atoms with E-state index in [1.807, 2.05) is 0 Å². The van der Waals surface area contributed by atoms with E-state index in [0.717, 1.165) is 12.1 Å². The maximum atomic E-state index is 13.3. The Morgan fingerprint density at radius 3 is 2.20 bits per heavy atom. The van der Waals surface area contributed by atoms with Crippen molar-refractivity contribution in [3.8, 4) is 0 Å². The summed E-state index contributed by atoms with van der Waals surface area (Å²) in [5, 5.41) is 2.49. The fourth-order valence-electron chi connectivity index (χ4n) is 2.85. The van der Waals surface area contributed by atoms with Crippen LogP contribution in [0.15, 0.2) is 77.7 Å². The SMILES string of the molecule is CCN(Cc1ccc(C(=O)Nc2ccc(F)c(F)c2)cc1)S(=O)(=O)c1ccccc1. The zero-order valence-corrected chi connectivity index (χ0v) is 17.0. The molecule has 30 heavy (non-hydrogen) atoms. The van der Waals surface area contributed by atoms with Crippen molar-refractivity contribution < 1.29 is 22.0 Å². The number of halogens is 2. The first kappa shape index (κ1) is 21.6. The number of carbonyl (C=O) groups excluding carboxylic acids is 1. The summed E-state index contributed by atoms with van der Waals surface area (Å²) in [5.41, 5.74) is 1.15. The number of benzene rings is 3. The molecule has 0 saturated heterocycles. The first-order chi connectivity index (χ1) is 14.3. The number of anilines is 1. The van der Waals surface area contributed by atoms with Gasteiger partial charge in [-0.15, -0.1) is 0 Å². The van der Waals surface area contributed by atoms with E-state index in [-0.39, 0.29) is 23.7 Å². The molecule has 156 valence electrons. The van der Waals surface area contributed by atoms with Crippen molar-refractivity contribution in [3.05, 3.63) is 95.6 Å². The summed E-state index contributed by atoms with van der Waals surface area (Å²) < 4.78 is 53.2. The maximum absolute atomic E-state index is 13.3. The van der Waals surface area contributed by atoms with Crippen LogP contribution < -0.4 is 5.32 Å². The van der Waals surface area contributed by atoms with Crippen molar-refractivity contribution in [2.45, 2.75) is 18.4 Å². The number of hydrogen-bond donors (Lipinski definition) is 1. The third-order valence-electron chi connectivity index (χ3n) is 4.49. The van der Waals surface area contributed by atoms with Crippen LogP contribution in [0.5, 0.6) is 0 Å². The second-order valence-electron chi connectivity index (χ2n) is 6.52. The molecule has 0 unspecified atom stereocenters. The number of rotatable bonds is 7. The van der Waals surface area contributed by atoms with Gasteiger partial charge in [-0.25, -0.2) is 17.2 Å². The lowest BCUT2D eigenvalue weighted by atomic mass is 10.1. The molecule has 0 aliphatic carbocycles. The number of hydrogen-bond acceptors (Lipinski definition) is 3. The van der Waals surface area contributed by atoms with Crippen LogP contribution >= 0.6 is 0 Å². The minimum absolute atomic E-state index is 0.133. The number of sulfonamides is 1. The lowest BCUT2D eigenvalue weighted by Gasteiger charge is -2.20. The molecule has 0 aromatic heterocycles. The van der Waals surface area contributed by atoms with Crippen molar-refractivity contribution in [2.75, 3.05) is 11.9 Å². The Balaban J connectivity index is 1.71. The summed E-state index contributed by atoms with van der Waals surface area (Å²) in [4.78, 5) is 12.5. The van der Waals surface area contributed by atoms with E-state index in [2.05, 4.69) is 5.32 Å². The van der Waals surface area contributed by atoms with Gasteiger partial charge in [0, 0.05) is 30.4 Å². The average Bonchev–Trinajstić information content (AvgIpc) is 2.75. The van der Waals surface area contributed by atoms with E-state index in [9.17, 15) is 22.0 Å². The van der Waals surface area contributed by atoms with Gasteiger partial charge in [0.15, 0.2) is 11.6 Å². The molecule has 3 rings (SSSR count). The maximum Gasteiger partial charge on any atom is 0.255 e. The lowest BCUT2D eigenvalue weighted by molar-refractivity contribution is 0.102. The van der Waals surface area contributed by atoms with Crippen LogP contribution in [0, 0.1) is 11.6 Å². The minimum atomic E-state index is -3.64. The number of nitrogens with zero attached hydrogens (tertiary/aromatic N) is 1. The van der Waals surface area contributed by atoms with Gasteiger partial charge < -0.3 is 5.32 Å². The molecule has 0 fully saturated rings. The van der Waals surface area contributed by atoms with Crippen LogP contribution in [0.1, 0.15) is 22.8 Å². The van der Waals surface area contributed by atoms with Gasteiger partial charge in [-0.1, -0.05) is 37.3 Å². The van der Waals surface area contributed by atoms with Gasteiger partial charge in [-0.05, 0) is 42.0 Å². The van der Waals surface area contributed by atoms with Gasteiger partial charge >= 0.3 is 0 Å². The van der Waals surface area contributed by atoms with Crippen molar-refractivity contribution in [3.63, 3.8) is 0 Å². The van der Waals surface area contributed by atoms with Gasteiger partial charge in [0.25, 0.3) is 5.91 Å². The molecule has 8 heteroatoms. The van der Waals surface area contributed by atoms with Crippen molar-refractivity contribution in [1.82, 2.24) is 4.31 Å². The van der Waals surface area contributed by atoms with Gasteiger partial charge in [0.2, 0.25) is 10.0 Å². The molecule has 0 aliphatic heterocycles. The van der Waals surface area contributed by atoms with Crippen molar-refractivity contribution in [1.29, 1.82) is 0 Å². The Kier molecular flexibility index (Phi) is 6.59. The fourth-order valence-corrected chi connectivity index (χ4v) is 4.31. The monoisotopic (exact) mass is 430 g/mol. The van der Waals surface area contributed by atoms with Gasteiger partial charge in [-0.3, -0.25) is 4.79 Å². The summed E-state index contributed by atoms with van der Waals surface area (Å²) in [7, 11) is -3.64. The molecule has 0 heterocycles. The highest BCUT2D eigenvalue weighted by Crippen LogP contribution is 2.19. The lowest BCUT2D eigenvalue weighted by Crippen LogP contribution is -2.30. The highest BCUT2D eigenvalue weighted by molar-refractivity contribution is 7.89. The molecule has 3 aromatic carbocycles. The summed E-state index contributed by atoms with van der Waals surface area (Å²) in [6.45, 7) is 2.19. The average molecular weight is 430 g/mol. The molecule has 0 atom stereocenters. The van der Waals surface area contributed by atoms with Crippen molar-refractivity contribution in [2.24, 2.45) is 0 Å².